The molecular weight excluding hydrogens is 781 g/mol. The number of benzene rings is 10. The lowest BCUT2D eigenvalue weighted by Gasteiger charge is -2.32. The SMILES string of the molecule is c1ccc(-c2ccc(N(c3cccc4c3-c3ccccc3C43c4ccccc4-c4ccccc43)c3cccc4oc5cc(-c6nc7ccccc7o6)c6ccccc6c5c34)cc2)cc1. The summed E-state index contributed by atoms with van der Waals surface area (Å²) in [6.45, 7) is 0. The van der Waals surface area contributed by atoms with Crippen molar-refractivity contribution in [1.29, 1.82) is 0 Å². The summed E-state index contributed by atoms with van der Waals surface area (Å²) in [6, 6.07) is 78.7. The normalized spacial score (nSPS) is 13.1. The number of nitrogens with zero attached hydrogens (tertiary/aromatic N) is 2. The first-order chi connectivity index (χ1) is 31.8. The van der Waals surface area contributed by atoms with Crippen molar-refractivity contribution in [3.05, 3.63) is 241 Å². The van der Waals surface area contributed by atoms with Crippen LogP contribution in [-0.4, -0.2) is 4.98 Å². The van der Waals surface area contributed by atoms with E-state index in [2.05, 4.69) is 199 Å². The molecule has 0 N–H and O–H groups in total. The first kappa shape index (κ1) is 35.2. The maximum atomic E-state index is 6.94. The van der Waals surface area contributed by atoms with E-state index in [-0.39, 0.29) is 0 Å². The number of hydrogen-bond acceptors (Lipinski definition) is 4. The van der Waals surface area contributed by atoms with Crippen LogP contribution in [0.5, 0.6) is 0 Å². The van der Waals surface area contributed by atoms with Crippen molar-refractivity contribution in [3.63, 3.8) is 0 Å². The molecule has 0 fully saturated rings. The average Bonchev–Trinajstić information content (AvgIpc) is 4.12. The quantitative estimate of drug-likeness (QED) is 0.174. The maximum Gasteiger partial charge on any atom is 0.228 e. The molecule has 0 unspecified atom stereocenters. The molecule has 0 bridgehead atoms. The lowest BCUT2D eigenvalue weighted by molar-refractivity contribution is 0.620. The molecule has 4 heteroatoms. The van der Waals surface area contributed by atoms with Gasteiger partial charge in [-0.05, 0) is 109 Å². The zero-order valence-electron chi connectivity index (χ0n) is 34.5. The number of furan rings is 1. The fraction of sp³-hybridized carbons (Fsp3) is 0.0167. The summed E-state index contributed by atoms with van der Waals surface area (Å²) in [5, 5.41) is 4.22. The van der Waals surface area contributed by atoms with Crippen molar-refractivity contribution < 1.29 is 8.83 Å². The van der Waals surface area contributed by atoms with Gasteiger partial charge in [0.2, 0.25) is 5.89 Å². The highest BCUT2D eigenvalue weighted by Crippen LogP contribution is 2.65. The largest absolute Gasteiger partial charge is 0.456 e. The smallest absolute Gasteiger partial charge is 0.228 e. The van der Waals surface area contributed by atoms with Gasteiger partial charge in [0.15, 0.2) is 5.58 Å². The van der Waals surface area contributed by atoms with Crippen LogP contribution in [-0.2, 0) is 5.41 Å². The van der Waals surface area contributed by atoms with Gasteiger partial charge in [-0.15, -0.1) is 0 Å². The molecule has 0 amide bonds. The van der Waals surface area contributed by atoms with Crippen LogP contribution in [0.25, 0.3) is 88.6 Å². The summed E-state index contributed by atoms with van der Waals surface area (Å²) in [7, 11) is 0. The van der Waals surface area contributed by atoms with E-state index >= 15 is 0 Å². The zero-order valence-corrected chi connectivity index (χ0v) is 34.5. The summed E-state index contributed by atoms with van der Waals surface area (Å²) in [4.78, 5) is 7.41. The fourth-order valence-electron chi connectivity index (χ4n) is 11.2. The van der Waals surface area contributed by atoms with Crippen LogP contribution in [0.2, 0.25) is 0 Å². The Bertz CT molecular complexity index is 3780. The third kappa shape index (κ3) is 4.74. The lowest BCUT2D eigenvalue weighted by Crippen LogP contribution is -2.26. The van der Waals surface area contributed by atoms with Crippen molar-refractivity contribution in [2.24, 2.45) is 0 Å². The van der Waals surface area contributed by atoms with Gasteiger partial charge in [-0.2, -0.15) is 0 Å². The Morgan fingerprint density at radius 2 is 0.953 bits per heavy atom. The van der Waals surface area contributed by atoms with Gasteiger partial charge in [0, 0.05) is 22.2 Å². The average molecular weight is 817 g/mol. The first-order valence-corrected chi connectivity index (χ1v) is 21.9. The molecule has 0 radical (unpaired) electrons. The molecule has 0 saturated heterocycles. The summed E-state index contributed by atoms with van der Waals surface area (Å²) < 4.78 is 13.3. The summed E-state index contributed by atoms with van der Waals surface area (Å²) in [6.07, 6.45) is 0. The van der Waals surface area contributed by atoms with Gasteiger partial charge in [-0.3, -0.25) is 0 Å². The van der Waals surface area contributed by atoms with Crippen molar-refractivity contribution in [3.8, 4) is 44.8 Å². The minimum atomic E-state index is -0.483. The second-order valence-electron chi connectivity index (χ2n) is 16.9. The lowest BCUT2D eigenvalue weighted by atomic mass is 9.70. The van der Waals surface area contributed by atoms with Crippen molar-refractivity contribution in [2.45, 2.75) is 5.41 Å². The van der Waals surface area contributed by atoms with E-state index in [9.17, 15) is 0 Å². The third-order valence-electron chi connectivity index (χ3n) is 13.7. The molecule has 2 aliphatic carbocycles. The predicted octanol–water partition coefficient (Wildman–Crippen LogP) is 16.0. The van der Waals surface area contributed by atoms with Gasteiger partial charge >= 0.3 is 0 Å². The van der Waals surface area contributed by atoms with Crippen LogP contribution >= 0.6 is 0 Å². The Hall–Kier alpha value is -8.47. The van der Waals surface area contributed by atoms with Crippen LogP contribution in [0, 0.1) is 0 Å². The molecule has 298 valence electrons. The molecule has 0 aliphatic heterocycles. The highest BCUT2D eigenvalue weighted by atomic mass is 16.3. The molecule has 2 aromatic heterocycles. The number of hydrogen-bond donors (Lipinski definition) is 0. The van der Waals surface area contributed by atoms with E-state index < -0.39 is 5.41 Å². The maximum absolute atomic E-state index is 6.94. The molecule has 2 aliphatic rings. The van der Waals surface area contributed by atoms with E-state index in [0.717, 1.165) is 72.0 Å². The van der Waals surface area contributed by atoms with Gasteiger partial charge in [-0.1, -0.05) is 170 Å². The minimum Gasteiger partial charge on any atom is -0.456 e. The van der Waals surface area contributed by atoms with Crippen LogP contribution in [0.1, 0.15) is 22.3 Å². The Kier molecular flexibility index (Phi) is 7.29. The fourth-order valence-corrected chi connectivity index (χ4v) is 11.2. The molecular formula is C60H36N2O2. The standard InChI is InChI=1S/C60H36N2O2/c1-2-16-37(17-3-1)38-32-34-39(35-33-38)62(51-28-14-26-49-56(51)44-22-8-11-25-48(44)60(49)46-23-9-6-19-41(46)42-20-7-10-24-47(42)60)52-29-15-31-54-58(52)57-43-21-5-4-18-40(43)45(36-55(57)63-54)59-61-50-27-12-13-30-53(50)64-59/h1-36H. The van der Waals surface area contributed by atoms with E-state index in [1.54, 1.807) is 0 Å². The van der Waals surface area contributed by atoms with Crippen LogP contribution < -0.4 is 4.90 Å². The van der Waals surface area contributed by atoms with Crippen LogP contribution in [0.3, 0.4) is 0 Å². The number of para-hydroxylation sites is 2. The number of anilines is 3. The van der Waals surface area contributed by atoms with E-state index in [1.807, 2.05) is 24.3 Å². The Morgan fingerprint density at radius 1 is 0.375 bits per heavy atom. The van der Waals surface area contributed by atoms with Gasteiger partial charge < -0.3 is 13.7 Å². The van der Waals surface area contributed by atoms with Crippen molar-refractivity contribution in [2.75, 3.05) is 4.90 Å². The van der Waals surface area contributed by atoms with Gasteiger partial charge in [0.05, 0.1) is 22.2 Å². The summed E-state index contributed by atoms with van der Waals surface area (Å²) >= 11 is 0. The Balaban J connectivity index is 1.07. The van der Waals surface area contributed by atoms with Crippen molar-refractivity contribution >= 4 is 60.9 Å². The first-order valence-electron chi connectivity index (χ1n) is 21.9. The molecule has 4 nitrogen and oxygen atoms in total. The van der Waals surface area contributed by atoms with Crippen LogP contribution in [0.4, 0.5) is 17.1 Å². The van der Waals surface area contributed by atoms with Gasteiger partial charge in [0.25, 0.3) is 0 Å². The van der Waals surface area contributed by atoms with E-state index in [0.29, 0.717) is 5.89 Å². The van der Waals surface area contributed by atoms with Crippen molar-refractivity contribution in [1.82, 2.24) is 4.98 Å². The minimum absolute atomic E-state index is 0.483. The van der Waals surface area contributed by atoms with E-state index in [4.69, 9.17) is 13.8 Å². The van der Waals surface area contributed by atoms with Gasteiger partial charge in [0.1, 0.15) is 16.7 Å². The number of rotatable bonds is 5. The second kappa shape index (κ2) is 13.3. The molecule has 2 heterocycles. The monoisotopic (exact) mass is 816 g/mol. The molecule has 0 atom stereocenters. The summed E-state index contributed by atoms with van der Waals surface area (Å²) in [5.74, 6) is 0.572. The molecule has 64 heavy (non-hydrogen) atoms. The van der Waals surface area contributed by atoms with Crippen LogP contribution in [0.15, 0.2) is 227 Å². The molecule has 10 aromatic carbocycles. The molecule has 0 saturated carbocycles. The Labute approximate surface area is 368 Å². The zero-order chi connectivity index (χ0) is 41.9. The predicted molar refractivity (Wildman–Crippen MR) is 261 cm³/mol. The number of aromatic nitrogens is 1. The van der Waals surface area contributed by atoms with Gasteiger partial charge in [-0.25, -0.2) is 4.98 Å². The van der Waals surface area contributed by atoms with E-state index in [1.165, 1.54) is 50.1 Å². The highest BCUT2D eigenvalue weighted by Gasteiger charge is 2.52. The highest BCUT2D eigenvalue weighted by molar-refractivity contribution is 6.25. The third-order valence-corrected chi connectivity index (χ3v) is 13.7. The number of fused-ring (bicyclic) bond motifs is 16. The molecule has 12 aromatic rings. The second-order valence-corrected chi connectivity index (χ2v) is 16.9. The molecule has 14 rings (SSSR count). The number of oxazole rings is 1. The molecule has 1 spiro atoms. The topological polar surface area (TPSA) is 42.4 Å². The Morgan fingerprint density at radius 3 is 1.72 bits per heavy atom. The summed E-state index contributed by atoms with van der Waals surface area (Å²) in [5.41, 5.74) is 19.4.